The summed E-state index contributed by atoms with van der Waals surface area (Å²) in [5.41, 5.74) is 1.53. The van der Waals surface area contributed by atoms with Gasteiger partial charge in [-0.15, -0.1) is 0 Å². The lowest BCUT2D eigenvalue weighted by molar-refractivity contribution is 0.616. The third kappa shape index (κ3) is 3.79. The van der Waals surface area contributed by atoms with Crippen LogP contribution in [-0.4, -0.2) is 14.5 Å². The molecule has 0 unspecified atom stereocenters. The van der Waals surface area contributed by atoms with Crippen molar-refractivity contribution < 1.29 is 4.39 Å². The molecule has 2 aromatic heterocycles. The average molecular weight is 412 g/mol. The lowest BCUT2D eigenvalue weighted by Gasteiger charge is -2.14. The molecule has 0 saturated heterocycles. The maximum Gasteiger partial charge on any atom is 0.263 e. The number of halogens is 2. The van der Waals surface area contributed by atoms with E-state index < -0.39 is 0 Å². The van der Waals surface area contributed by atoms with Gasteiger partial charge in [-0.2, -0.15) is 0 Å². The molecule has 140 valence electrons. The highest BCUT2D eigenvalue weighted by atomic mass is 35.5. The molecule has 2 heterocycles. The van der Waals surface area contributed by atoms with Crippen LogP contribution in [0.15, 0.2) is 76.8 Å². The number of nitrogens with zero attached hydrogens (tertiary/aromatic N) is 3. The Morgan fingerprint density at radius 3 is 2.54 bits per heavy atom. The largest absolute Gasteiger partial charge is 0.282 e. The molecule has 0 amide bonds. The van der Waals surface area contributed by atoms with Crippen LogP contribution in [0.2, 0.25) is 5.02 Å². The van der Waals surface area contributed by atoms with Crippen molar-refractivity contribution in [3.8, 4) is 0 Å². The second-order valence-corrected chi connectivity index (χ2v) is 7.48. The van der Waals surface area contributed by atoms with E-state index in [2.05, 4.69) is 9.97 Å². The van der Waals surface area contributed by atoms with Crippen LogP contribution in [0.1, 0.15) is 11.1 Å². The minimum Gasteiger partial charge on any atom is -0.282 e. The van der Waals surface area contributed by atoms with E-state index >= 15 is 0 Å². The monoisotopic (exact) mass is 411 g/mol. The van der Waals surface area contributed by atoms with Crippen LogP contribution in [-0.2, 0) is 12.3 Å². The molecule has 28 heavy (non-hydrogen) atoms. The lowest BCUT2D eigenvalue weighted by Crippen LogP contribution is -2.24. The number of hydrogen-bond acceptors (Lipinski definition) is 4. The predicted molar refractivity (Wildman–Crippen MR) is 110 cm³/mol. The number of pyridine rings is 1. The fourth-order valence-electron chi connectivity index (χ4n) is 2.84. The van der Waals surface area contributed by atoms with Crippen molar-refractivity contribution in [1.29, 1.82) is 0 Å². The van der Waals surface area contributed by atoms with Gasteiger partial charge < -0.3 is 0 Å². The average Bonchev–Trinajstić information content (AvgIpc) is 2.71. The molecule has 0 fully saturated rings. The fraction of sp³-hybridized carbons (Fsp3) is 0.0952. The van der Waals surface area contributed by atoms with Crippen molar-refractivity contribution >= 4 is 34.4 Å². The van der Waals surface area contributed by atoms with Crippen LogP contribution in [0.3, 0.4) is 0 Å². The van der Waals surface area contributed by atoms with Crippen molar-refractivity contribution in [3.05, 3.63) is 99.2 Å². The van der Waals surface area contributed by atoms with Crippen molar-refractivity contribution in [3.63, 3.8) is 0 Å². The molecular weight excluding hydrogens is 397 g/mol. The standard InChI is InChI=1S/C21H15ClFN3OS/c22-17-9-3-1-6-14(17)12-26-20(27)16-8-5-11-24-19(16)25-21(26)28-13-15-7-2-4-10-18(15)23/h1-11H,12-13H2. The van der Waals surface area contributed by atoms with Gasteiger partial charge in [-0.05, 0) is 35.4 Å². The molecule has 4 rings (SSSR count). The second-order valence-electron chi connectivity index (χ2n) is 6.13. The first-order valence-corrected chi connectivity index (χ1v) is 9.95. The van der Waals surface area contributed by atoms with Crippen LogP contribution < -0.4 is 5.56 Å². The summed E-state index contributed by atoms with van der Waals surface area (Å²) < 4.78 is 15.6. The van der Waals surface area contributed by atoms with E-state index in [1.54, 1.807) is 47.2 Å². The lowest BCUT2D eigenvalue weighted by atomic mass is 10.2. The summed E-state index contributed by atoms with van der Waals surface area (Å²) in [5, 5.41) is 1.48. The van der Waals surface area contributed by atoms with E-state index in [0.717, 1.165) is 5.56 Å². The molecule has 0 aliphatic heterocycles. The van der Waals surface area contributed by atoms with Crippen LogP contribution >= 0.6 is 23.4 Å². The highest BCUT2D eigenvalue weighted by Crippen LogP contribution is 2.25. The molecule has 4 aromatic rings. The molecule has 0 aliphatic carbocycles. The Balaban J connectivity index is 1.78. The third-order valence-electron chi connectivity index (χ3n) is 4.30. The fourth-order valence-corrected chi connectivity index (χ4v) is 4.01. The van der Waals surface area contributed by atoms with Gasteiger partial charge in [-0.3, -0.25) is 9.36 Å². The van der Waals surface area contributed by atoms with Crippen LogP contribution in [0.4, 0.5) is 4.39 Å². The zero-order chi connectivity index (χ0) is 19.5. The van der Waals surface area contributed by atoms with Gasteiger partial charge >= 0.3 is 0 Å². The molecule has 4 nitrogen and oxygen atoms in total. The number of aromatic nitrogens is 3. The second kappa shape index (κ2) is 8.12. The molecular formula is C21H15ClFN3OS. The van der Waals surface area contributed by atoms with E-state index in [9.17, 15) is 9.18 Å². The topological polar surface area (TPSA) is 47.8 Å². The Labute approximate surface area is 170 Å². The van der Waals surface area contributed by atoms with Crippen LogP contribution in [0.25, 0.3) is 11.0 Å². The summed E-state index contributed by atoms with van der Waals surface area (Å²) in [5.74, 6) is 0.0638. The third-order valence-corrected chi connectivity index (χ3v) is 5.69. The number of fused-ring (bicyclic) bond motifs is 1. The molecule has 0 atom stereocenters. The quantitative estimate of drug-likeness (QED) is 0.345. The summed E-state index contributed by atoms with van der Waals surface area (Å²) in [6.45, 7) is 0.274. The number of thioether (sulfide) groups is 1. The number of benzene rings is 2. The van der Waals surface area contributed by atoms with Crippen LogP contribution in [0.5, 0.6) is 0 Å². The molecule has 0 saturated carbocycles. The zero-order valence-electron chi connectivity index (χ0n) is 14.7. The van der Waals surface area contributed by atoms with Gasteiger partial charge in [0, 0.05) is 17.0 Å². The first kappa shape index (κ1) is 18.7. The number of rotatable bonds is 5. The Kier molecular flexibility index (Phi) is 5.41. The number of hydrogen-bond donors (Lipinski definition) is 0. The maximum atomic E-state index is 14.0. The first-order chi connectivity index (χ1) is 13.6. The molecule has 2 aromatic carbocycles. The van der Waals surface area contributed by atoms with Crippen molar-refractivity contribution in [2.24, 2.45) is 0 Å². The summed E-state index contributed by atoms with van der Waals surface area (Å²) in [6, 6.07) is 17.3. The Morgan fingerprint density at radius 2 is 1.75 bits per heavy atom. The molecule has 0 radical (unpaired) electrons. The molecule has 0 aliphatic rings. The van der Waals surface area contributed by atoms with E-state index in [1.165, 1.54) is 17.8 Å². The minimum absolute atomic E-state index is 0.200. The van der Waals surface area contributed by atoms with E-state index in [0.29, 0.717) is 32.5 Å². The summed E-state index contributed by atoms with van der Waals surface area (Å²) >= 11 is 7.58. The summed E-state index contributed by atoms with van der Waals surface area (Å²) in [7, 11) is 0. The Hall–Kier alpha value is -2.70. The molecule has 7 heteroatoms. The van der Waals surface area contributed by atoms with Gasteiger partial charge in [0.2, 0.25) is 0 Å². The zero-order valence-corrected chi connectivity index (χ0v) is 16.3. The Bertz CT molecular complexity index is 1210. The van der Waals surface area contributed by atoms with E-state index in [1.807, 2.05) is 18.2 Å². The minimum atomic E-state index is -0.283. The summed E-state index contributed by atoms with van der Waals surface area (Å²) in [6.07, 6.45) is 1.60. The molecule has 0 spiro atoms. The molecule has 0 N–H and O–H groups in total. The van der Waals surface area contributed by atoms with E-state index in [4.69, 9.17) is 11.6 Å². The highest BCUT2D eigenvalue weighted by Gasteiger charge is 2.14. The van der Waals surface area contributed by atoms with Crippen LogP contribution in [0, 0.1) is 5.82 Å². The smallest absolute Gasteiger partial charge is 0.263 e. The predicted octanol–water partition coefficient (Wildman–Crippen LogP) is 4.92. The van der Waals surface area contributed by atoms with Gasteiger partial charge in [-0.1, -0.05) is 59.8 Å². The summed E-state index contributed by atoms with van der Waals surface area (Å²) in [4.78, 5) is 21.9. The first-order valence-electron chi connectivity index (χ1n) is 8.58. The molecule has 0 bridgehead atoms. The van der Waals surface area contributed by atoms with Gasteiger partial charge in [0.05, 0.1) is 11.9 Å². The van der Waals surface area contributed by atoms with Crippen molar-refractivity contribution in [2.75, 3.05) is 0 Å². The Morgan fingerprint density at radius 1 is 1.00 bits per heavy atom. The van der Waals surface area contributed by atoms with E-state index in [-0.39, 0.29) is 17.9 Å². The van der Waals surface area contributed by atoms with Gasteiger partial charge in [0.15, 0.2) is 10.8 Å². The van der Waals surface area contributed by atoms with Crippen molar-refractivity contribution in [2.45, 2.75) is 17.5 Å². The van der Waals surface area contributed by atoms with Crippen molar-refractivity contribution in [1.82, 2.24) is 14.5 Å². The SMILES string of the molecule is O=c1c2cccnc2nc(SCc2ccccc2F)n1Cc1ccccc1Cl. The maximum absolute atomic E-state index is 14.0. The van der Waals surface area contributed by atoms with Gasteiger partial charge in [0.25, 0.3) is 5.56 Å². The highest BCUT2D eigenvalue weighted by molar-refractivity contribution is 7.98. The van der Waals surface area contributed by atoms with Gasteiger partial charge in [-0.25, -0.2) is 14.4 Å². The normalized spacial score (nSPS) is 11.1. The van der Waals surface area contributed by atoms with Gasteiger partial charge in [0.1, 0.15) is 5.82 Å².